The molecule has 0 aliphatic carbocycles. The summed E-state index contributed by atoms with van der Waals surface area (Å²) in [5.74, 6) is -0.854. The molecular formula is C13H17ClN2O4. The quantitative estimate of drug-likeness (QED) is 0.753. The SMILES string of the molecule is COc1ccc(NC(=O)NCCC(C)C(=O)O)cc1Cl. The average Bonchev–Trinajstić information content (AvgIpc) is 2.38. The number of halogens is 1. The van der Waals surface area contributed by atoms with Gasteiger partial charge in [-0.15, -0.1) is 0 Å². The monoisotopic (exact) mass is 300 g/mol. The fraction of sp³-hybridized carbons (Fsp3) is 0.385. The van der Waals surface area contributed by atoms with Gasteiger partial charge in [-0.2, -0.15) is 0 Å². The van der Waals surface area contributed by atoms with Crippen LogP contribution in [0.4, 0.5) is 10.5 Å². The predicted octanol–water partition coefficient (Wildman–Crippen LogP) is 2.58. The first-order valence-corrected chi connectivity index (χ1v) is 6.43. The van der Waals surface area contributed by atoms with Crippen LogP contribution in [0.15, 0.2) is 18.2 Å². The van der Waals surface area contributed by atoms with Crippen LogP contribution >= 0.6 is 11.6 Å². The number of rotatable bonds is 6. The van der Waals surface area contributed by atoms with Gasteiger partial charge in [0.2, 0.25) is 0 Å². The summed E-state index contributed by atoms with van der Waals surface area (Å²) >= 11 is 5.93. The van der Waals surface area contributed by atoms with Gasteiger partial charge in [0.05, 0.1) is 18.1 Å². The van der Waals surface area contributed by atoms with Crippen molar-refractivity contribution in [3.63, 3.8) is 0 Å². The Labute approximate surface area is 122 Å². The minimum absolute atomic E-state index is 0.281. The number of methoxy groups -OCH3 is 1. The molecule has 6 nitrogen and oxygen atoms in total. The summed E-state index contributed by atoms with van der Waals surface area (Å²) < 4.78 is 5.00. The Morgan fingerprint density at radius 2 is 2.15 bits per heavy atom. The van der Waals surface area contributed by atoms with Crippen LogP contribution in [0.3, 0.4) is 0 Å². The second-order valence-electron chi connectivity index (χ2n) is 4.26. The van der Waals surface area contributed by atoms with Crippen LogP contribution in [-0.2, 0) is 4.79 Å². The van der Waals surface area contributed by atoms with E-state index < -0.39 is 17.9 Å². The van der Waals surface area contributed by atoms with Gasteiger partial charge in [0.25, 0.3) is 0 Å². The number of hydrogen-bond acceptors (Lipinski definition) is 3. The predicted molar refractivity (Wildman–Crippen MR) is 76.4 cm³/mol. The van der Waals surface area contributed by atoms with Crippen molar-refractivity contribution in [2.75, 3.05) is 19.0 Å². The molecule has 3 N–H and O–H groups in total. The Morgan fingerprint density at radius 3 is 2.70 bits per heavy atom. The van der Waals surface area contributed by atoms with Crippen LogP contribution in [-0.4, -0.2) is 30.8 Å². The molecule has 0 saturated heterocycles. The zero-order chi connectivity index (χ0) is 15.1. The van der Waals surface area contributed by atoms with Crippen LogP contribution < -0.4 is 15.4 Å². The number of carbonyl (C=O) groups excluding carboxylic acids is 1. The number of aliphatic carboxylic acids is 1. The largest absolute Gasteiger partial charge is 0.495 e. The summed E-state index contributed by atoms with van der Waals surface area (Å²) in [6.07, 6.45) is 0.367. The van der Waals surface area contributed by atoms with Crippen molar-refractivity contribution in [1.82, 2.24) is 5.32 Å². The molecule has 20 heavy (non-hydrogen) atoms. The van der Waals surface area contributed by atoms with Crippen LogP contribution in [0.2, 0.25) is 5.02 Å². The summed E-state index contributed by atoms with van der Waals surface area (Å²) in [6, 6.07) is 4.46. The Hall–Kier alpha value is -1.95. The van der Waals surface area contributed by atoms with Gasteiger partial charge in [-0.3, -0.25) is 4.79 Å². The summed E-state index contributed by atoms with van der Waals surface area (Å²) in [6.45, 7) is 1.87. The van der Waals surface area contributed by atoms with Crippen molar-refractivity contribution in [3.8, 4) is 5.75 Å². The lowest BCUT2D eigenvalue weighted by molar-refractivity contribution is -0.141. The zero-order valence-corrected chi connectivity index (χ0v) is 12.0. The summed E-state index contributed by atoms with van der Waals surface area (Å²) in [4.78, 5) is 22.2. The third-order valence-corrected chi connectivity index (χ3v) is 2.99. The van der Waals surface area contributed by atoms with Crippen LogP contribution in [0.25, 0.3) is 0 Å². The maximum atomic E-state index is 11.6. The molecule has 0 aromatic heterocycles. The first-order chi connectivity index (χ1) is 9.43. The lowest BCUT2D eigenvalue weighted by Crippen LogP contribution is -2.31. The second kappa shape index (κ2) is 7.59. The molecule has 0 aliphatic heterocycles. The highest BCUT2D eigenvalue weighted by Crippen LogP contribution is 2.27. The van der Waals surface area contributed by atoms with Gasteiger partial charge in [0, 0.05) is 12.2 Å². The number of carboxylic acids is 1. The summed E-state index contributed by atoms with van der Waals surface area (Å²) in [5, 5.41) is 14.3. The molecule has 0 radical (unpaired) electrons. The highest BCUT2D eigenvalue weighted by Gasteiger charge is 2.11. The van der Waals surface area contributed by atoms with Gasteiger partial charge in [0.1, 0.15) is 5.75 Å². The van der Waals surface area contributed by atoms with E-state index in [2.05, 4.69) is 10.6 Å². The fourth-order valence-electron chi connectivity index (χ4n) is 1.45. The summed E-state index contributed by atoms with van der Waals surface area (Å²) in [5.41, 5.74) is 0.527. The van der Waals surface area contributed by atoms with E-state index in [4.69, 9.17) is 21.4 Å². The molecule has 0 fully saturated rings. The molecular weight excluding hydrogens is 284 g/mol. The molecule has 1 unspecified atom stereocenters. The molecule has 2 amide bonds. The zero-order valence-electron chi connectivity index (χ0n) is 11.3. The van der Waals surface area contributed by atoms with Gasteiger partial charge < -0.3 is 20.5 Å². The number of urea groups is 1. The fourth-order valence-corrected chi connectivity index (χ4v) is 1.70. The van der Waals surface area contributed by atoms with Gasteiger partial charge in [-0.25, -0.2) is 4.79 Å². The van der Waals surface area contributed by atoms with Crippen molar-refractivity contribution in [3.05, 3.63) is 23.2 Å². The lowest BCUT2D eigenvalue weighted by atomic mass is 10.1. The molecule has 1 atom stereocenters. The molecule has 1 aromatic rings. The second-order valence-corrected chi connectivity index (χ2v) is 4.67. The Balaban J connectivity index is 2.43. The van der Waals surface area contributed by atoms with E-state index in [9.17, 15) is 9.59 Å². The van der Waals surface area contributed by atoms with Crippen molar-refractivity contribution < 1.29 is 19.4 Å². The average molecular weight is 301 g/mol. The van der Waals surface area contributed by atoms with Crippen LogP contribution in [0.1, 0.15) is 13.3 Å². The minimum atomic E-state index is -0.880. The third-order valence-electron chi connectivity index (χ3n) is 2.69. The molecule has 0 spiro atoms. The van der Waals surface area contributed by atoms with Gasteiger partial charge in [-0.05, 0) is 24.6 Å². The first kappa shape index (κ1) is 16.1. The molecule has 7 heteroatoms. The Morgan fingerprint density at radius 1 is 1.45 bits per heavy atom. The van der Waals surface area contributed by atoms with Crippen molar-refractivity contribution >= 4 is 29.3 Å². The molecule has 0 aliphatic rings. The van der Waals surface area contributed by atoms with Crippen molar-refractivity contribution in [1.29, 1.82) is 0 Å². The van der Waals surface area contributed by atoms with Crippen molar-refractivity contribution in [2.24, 2.45) is 5.92 Å². The van der Waals surface area contributed by atoms with E-state index in [1.807, 2.05) is 0 Å². The molecule has 0 heterocycles. The molecule has 0 saturated carbocycles. The van der Waals surface area contributed by atoms with Gasteiger partial charge in [0.15, 0.2) is 0 Å². The van der Waals surface area contributed by atoms with E-state index in [1.54, 1.807) is 25.1 Å². The molecule has 1 rings (SSSR count). The maximum Gasteiger partial charge on any atom is 0.319 e. The topological polar surface area (TPSA) is 87.7 Å². The minimum Gasteiger partial charge on any atom is -0.495 e. The first-order valence-electron chi connectivity index (χ1n) is 6.05. The number of anilines is 1. The smallest absolute Gasteiger partial charge is 0.319 e. The maximum absolute atomic E-state index is 11.6. The highest BCUT2D eigenvalue weighted by atomic mass is 35.5. The number of benzene rings is 1. The lowest BCUT2D eigenvalue weighted by Gasteiger charge is -2.10. The standard InChI is InChI=1S/C13H17ClN2O4/c1-8(12(17)18)5-6-15-13(19)16-9-3-4-11(20-2)10(14)7-9/h3-4,7-8H,5-6H2,1-2H3,(H,17,18)(H2,15,16,19). The van der Waals surface area contributed by atoms with Crippen molar-refractivity contribution in [2.45, 2.75) is 13.3 Å². The number of hydrogen-bond donors (Lipinski definition) is 3. The highest BCUT2D eigenvalue weighted by molar-refractivity contribution is 6.32. The third kappa shape index (κ3) is 4.97. The Kier molecular flexibility index (Phi) is 6.11. The van der Waals surface area contributed by atoms with E-state index in [0.717, 1.165) is 0 Å². The number of amides is 2. The van der Waals surface area contributed by atoms with E-state index in [0.29, 0.717) is 22.9 Å². The van der Waals surface area contributed by atoms with E-state index in [-0.39, 0.29) is 6.54 Å². The van der Waals surface area contributed by atoms with Crippen LogP contribution in [0.5, 0.6) is 5.75 Å². The molecule has 110 valence electrons. The van der Waals surface area contributed by atoms with E-state index in [1.165, 1.54) is 7.11 Å². The number of carbonyl (C=O) groups is 2. The number of ether oxygens (including phenoxy) is 1. The van der Waals surface area contributed by atoms with E-state index >= 15 is 0 Å². The summed E-state index contributed by atoms with van der Waals surface area (Å²) in [7, 11) is 1.50. The van der Waals surface area contributed by atoms with Gasteiger partial charge in [-0.1, -0.05) is 18.5 Å². The number of nitrogens with one attached hydrogen (secondary N) is 2. The number of carboxylic acid groups (broad SMARTS) is 1. The normalized spacial score (nSPS) is 11.6. The van der Waals surface area contributed by atoms with Gasteiger partial charge >= 0.3 is 12.0 Å². The molecule has 0 bridgehead atoms. The Bertz CT molecular complexity index is 493. The van der Waals surface area contributed by atoms with Crippen LogP contribution in [0, 0.1) is 5.92 Å². The molecule has 1 aromatic carbocycles.